The first-order valence-electron chi connectivity index (χ1n) is 13.1. The Labute approximate surface area is 232 Å². The van der Waals surface area contributed by atoms with Crippen molar-refractivity contribution in [2.75, 3.05) is 25.4 Å². The summed E-state index contributed by atoms with van der Waals surface area (Å²) in [7, 11) is -3.48. The number of hydrogen-bond acceptors (Lipinski definition) is 5. The molecule has 1 fully saturated rings. The molecule has 2 atom stereocenters. The molecule has 5 rings (SSSR count). The topological polar surface area (TPSA) is 92.9 Å². The lowest BCUT2D eigenvalue weighted by Gasteiger charge is -2.40. The van der Waals surface area contributed by atoms with Crippen LogP contribution in [0.1, 0.15) is 52.7 Å². The Kier molecular flexibility index (Phi) is 9.16. The normalized spacial score (nSPS) is 20.6. The van der Waals surface area contributed by atoms with Crippen molar-refractivity contribution in [3.8, 4) is 5.75 Å². The van der Waals surface area contributed by atoms with Crippen molar-refractivity contribution in [3.05, 3.63) is 101 Å². The Morgan fingerprint density at radius 1 is 0.974 bits per heavy atom. The number of rotatable bonds is 7. The molecule has 1 saturated heterocycles. The minimum Gasteiger partial charge on any atom is -0.507 e. The molecule has 204 valence electrons. The largest absolute Gasteiger partial charge is 0.507 e. The lowest BCUT2D eigenvalue weighted by atomic mass is 9.83. The van der Waals surface area contributed by atoms with Crippen LogP contribution in [0.25, 0.3) is 0 Å². The van der Waals surface area contributed by atoms with E-state index in [1.807, 2.05) is 79.7 Å². The van der Waals surface area contributed by atoms with Gasteiger partial charge in [0.1, 0.15) is 5.75 Å². The molecule has 3 aromatic rings. The molecular formula is C30H37ClN2O4S. The van der Waals surface area contributed by atoms with Gasteiger partial charge in [-0.25, -0.2) is 12.7 Å². The highest BCUT2D eigenvalue weighted by Gasteiger charge is 2.38. The number of halogens is 1. The molecule has 0 amide bonds. The average molecular weight is 557 g/mol. The zero-order valence-corrected chi connectivity index (χ0v) is 23.3. The van der Waals surface area contributed by atoms with Crippen molar-refractivity contribution in [2.45, 2.75) is 44.3 Å². The van der Waals surface area contributed by atoms with E-state index in [1.54, 1.807) is 4.31 Å². The summed E-state index contributed by atoms with van der Waals surface area (Å²) >= 11 is 0. The molecule has 2 aliphatic heterocycles. The second-order valence-electron chi connectivity index (χ2n) is 10.3. The van der Waals surface area contributed by atoms with Crippen LogP contribution >= 0.6 is 12.4 Å². The van der Waals surface area contributed by atoms with E-state index in [2.05, 4.69) is 0 Å². The number of sulfonamides is 1. The third kappa shape index (κ3) is 5.92. The molecular weight excluding hydrogens is 520 g/mol. The molecule has 3 aromatic carbocycles. The van der Waals surface area contributed by atoms with Gasteiger partial charge in [-0.1, -0.05) is 72.8 Å². The van der Waals surface area contributed by atoms with Gasteiger partial charge in [-0.3, -0.25) is 0 Å². The van der Waals surface area contributed by atoms with Crippen LogP contribution in [0.5, 0.6) is 5.75 Å². The Bertz CT molecular complexity index is 1270. The first-order chi connectivity index (χ1) is 17.9. The number of piperidine rings is 1. The van der Waals surface area contributed by atoms with Crippen LogP contribution in [0.2, 0.25) is 0 Å². The second kappa shape index (κ2) is 12.2. The third-order valence-corrected chi connectivity index (χ3v) is 9.93. The number of nitrogens with two attached hydrogens (primary N) is 1. The molecule has 0 bridgehead atoms. The van der Waals surface area contributed by atoms with Gasteiger partial charge in [0, 0.05) is 37.5 Å². The minimum atomic E-state index is -3.48. The van der Waals surface area contributed by atoms with Crippen LogP contribution in [0.3, 0.4) is 0 Å². The van der Waals surface area contributed by atoms with Crippen LogP contribution in [0, 0.1) is 12.8 Å². The molecule has 2 aliphatic rings. The van der Waals surface area contributed by atoms with Gasteiger partial charge < -0.3 is 15.6 Å². The van der Waals surface area contributed by atoms with Gasteiger partial charge in [-0.05, 0) is 47.9 Å². The quantitative estimate of drug-likeness (QED) is 0.430. The van der Waals surface area contributed by atoms with Crippen LogP contribution in [-0.4, -0.2) is 49.3 Å². The predicted molar refractivity (Wildman–Crippen MR) is 153 cm³/mol. The van der Waals surface area contributed by atoms with Crippen molar-refractivity contribution in [2.24, 2.45) is 11.7 Å². The van der Waals surface area contributed by atoms with E-state index in [0.29, 0.717) is 31.8 Å². The van der Waals surface area contributed by atoms with Crippen LogP contribution in [0.15, 0.2) is 72.8 Å². The zero-order valence-electron chi connectivity index (χ0n) is 21.7. The summed E-state index contributed by atoms with van der Waals surface area (Å²) in [6.45, 7) is 3.20. The number of fused-ring (bicyclic) bond motifs is 1. The number of hydrogen-bond donors (Lipinski definition) is 2. The van der Waals surface area contributed by atoms with Gasteiger partial charge in [-0.15, -0.1) is 12.4 Å². The summed E-state index contributed by atoms with van der Waals surface area (Å²) in [5.74, 6) is 0.367. The minimum absolute atomic E-state index is 0. The maximum absolute atomic E-state index is 13.6. The molecule has 0 radical (unpaired) electrons. The fraction of sp³-hybridized carbons (Fsp3) is 0.400. The van der Waals surface area contributed by atoms with Crippen molar-refractivity contribution in [1.29, 1.82) is 0 Å². The number of ether oxygens (including phenoxy) is 1. The number of aromatic hydroxyl groups is 1. The van der Waals surface area contributed by atoms with E-state index in [4.69, 9.17) is 10.5 Å². The second-order valence-corrected chi connectivity index (χ2v) is 12.3. The van der Waals surface area contributed by atoms with Crippen molar-refractivity contribution >= 4 is 22.4 Å². The van der Waals surface area contributed by atoms with Crippen LogP contribution < -0.4 is 5.73 Å². The average Bonchev–Trinajstić information content (AvgIpc) is 2.94. The Balaban J connectivity index is 0.00000336. The summed E-state index contributed by atoms with van der Waals surface area (Å²) in [6, 6.07) is 23.7. The highest BCUT2D eigenvalue weighted by Crippen LogP contribution is 2.40. The standard InChI is InChI=1S/C30H36N2O4S.ClH/c1-21-12-13-25-26(30(21)33)18-28(36-29(25)19-31)24-14-16-32(17-15-24)37(34,35)20-27(22-8-4-2-5-9-22)23-10-6-3-7-11-23;/h2-13,24,27-29,33H,14-20,31H2,1H3;1H/t28-,29-;/m0./s1. The van der Waals surface area contributed by atoms with Crippen LogP contribution in [-0.2, 0) is 21.2 Å². The van der Waals surface area contributed by atoms with Gasteiger partial charge in [0.2, 0.25) is 10.0 Å². The highest BCUT2D eigenvalue weighted by molar-refractivity contribution is 7.89. The number of aryl methyl sites for hydroxylation is 1. The van der Waals surface area contributed by atoms with Gasteiger partial charge in [0.15, 0.2) is 0 Å². The SMILES string of the molecule is Cc1ccc2c(c1O)C[C@@H](C1CCN(S(=O)(=O)CC(c3ccccc3)c3ccccc3)CC1)O[C@H]2CN.Cl. The fourth-order valence-corrected chi connectivity index (χ4v) is 7.66. The highest BCUT2D eigenvalue weighted by atomic mass is 35.5. The fourth-order valence-electron chi connectivity index (χ4n) is 5.88. The number of phenolic OH excluding ortho intramolecular Hbond substituents is 1. The lowest BCUT2D eigenvalue weighted by Crippen LogP contribution is -2.45. The first kappa shape index (κ1) is 28.6. The number of phenols is 1. The Morgan fingerprint density at radius 2 is 1.55 bits per heavy atom. The number of nitrogens with zero attached hydrogens (tertiary/aromatic N) is 1. The summed E-state index contributed by atoms with van der Waals surface area (Å²) in [5, 5.41) is 10.7. The van der Waals surface area contributed by atoms with Gasteiger partial charge >= 0.3 is 0 Å². The van der Waals surface area contributed by atoms with E-state index in [9.17, 15) is 13.5 Å². The van der Waals surface area contributed by atoms with Gasteiger partial charge in [-0.2, -0.15) is 0 Å². The molecule has 0 aliphatic carbocycles. The van der Waals surface area contributed by atoms with Crippen molar-refractivity contribution in [3.63, 3.8) is 0 Å². The van der Waals surface area contributed by atoms with E-state index in [0.717, 1.165) is 40.7 Å². The van der Waals surface area contributed by atoms with E-state index in [-0.39, 0.29) is 42.2 Å². The van der Waals surface area contributed by atoms with Crippen LogP contribution in [0.4, 0.5) is 0 Å². The van der Waals surface area contributed by atoms with Gasteiger partial charge in [0.25, 0.3) is 0 Å². The van der Waals surface area contributed by atoms with Crippen molar-refractivity contribution in [1.82, 2.24) is 4.31 Å². The smallest absolute Gasteiger partial charge is 0.215 e. The molecule has 8 heteroatoms. The molecule has 0 spiro atoms. The zero-order chi connectivity index (χ0) is 26.0. The van der Waals surface area contributed by atoms with E-state index >= 15 is 0 Å². The maximum Gasteiger partial charge on any atom is 0.215 e. The first-order valence-corrected chi connectivity index (χ1v) is 14.7. The molecule has 0 aromatic heterocycles. The van der Waals surface area contributed by atoms with E-state index < -0.39 is 10.0 Å². The lowest BCUT2D eigenvalue weighted by molar-refractivity contribution is -0.0612. The molecule has 0 saturated carbocycles. The summed E-state index contributed by atoms with van der Waals surface area (Å²) in [5.41, 5.74) is 10.8. The van der Waals surface area contributed by atoms with E-state index in [1.165, 1.54) is 0 Å². The molecule has 38 heavy (non-hydrogen) atoms. The monoisotopic (exact) mass is 556 g/mol. The molecule has 3 N–H and O–H groups in total. The Morgan fingerprint density at radius 3 is 2.11 bits per heavy atom. The molecule has 0 unspecified atom stereocenters. The number of benzene rings is 3. The predicted octanol–water partition coefficient (Wildman–Crippen LogP) is 4.94. The molecule has 2 heterocycles. The summed E-state index contributed by atoms with van der Waals surface area (Å²) in [4.78, 5) is 0. The van der Waals surface area contributed by atoms with Gasteiger partial charge in [0.05, 0.1) is 18.0 Å². The molecule has 6 nitrogen and oxygen atoms in total. The maximum atomic E-state index is 13.6. The van der Waals surface area contributed by atoms with Crippen molar-refractivity contribution < 1.29 is 18.3 Å². The summed E-state index contributed by atoms with van der Waals surface area (Å²) in [6.07, 6.45) is 1.75. The summed E-state index contributed by atoms with van der Waals surface area (Å²) < 4.78 is 35.3. The Hall–Kier alpha value is -2.42. The third-order valence-electron chi connectivity index (χ3n) is 8.02.